The number of rotatable bonds is 4. The molecule has 6 nitrogen and oxygen atoms in total. The normalized spacial score (nSPS) is 25.1. The van der Waals surface area contributed by atoms with Gasteiger partial charge in [-0.3, -0.25) is 4.98 Å². The van der Waals surface area contributed by atoms with Gasteiger partial charge in [-0.25, -0.2) is 4.79 Å². The molecule has 2 aliphatic heterocycles. The number of benzene rings is 1. The molecule has 0 spiro atoms. The minimum absolute atomic E-state index is 0.0216. The molecule has 3 atom stereocenters. The standard InChI is InChI=1S/C20H22N2O4/c1-12(11-23)13-6-8-22-18(9-13)19(26-20(22)24)15-5-7-21-17-4-3-14(25-2)10-16(15)17/h3-5,7,10,13,18-19,23H,1,6,8-9,11H2,2H3/t13-,18+,19-/m1/s1. The van der Waals surface area contributed by atoms with Gasteiger partial charge in [0.05, 0.1) is 25.3 Å². The van der Waals surface area contributed by atoms with Crippen molar-refractivity contribution in [2.24, 2.45) is 5.92 Å². The molecule has 3 heterocycles. The van der Waals surface area contributed by atoms with Gasteiger partial charge in [-0.15, -0.1) is 0 Å². The number of nitrogens with zero attached hydrogens (tertiary/aromatic N) is 2. The SMILES string of the molecule is C=C(CO)[C@@H]1CCN2C(=O)O[C@H](c3ccnc4ccc(OC)cc34)[C@@H]2C1. The first kappa shape index (κ1) is 16.8. The molecule has 2 fully saturated rings. The number of piperidine rings is 1. The number of hydrogen-bond acceptors (Lipinski definition) is 5. The van der Waals surface area contributed by atoms with Crippen LogP contribution in [-0.4, -0.2) is 47.4 Å². The van der Waals surface area contributed by atoms with Crippen LogP contribution < -0.4 is 4.74 Å². The third kappa shape index (κ3) is 2.70. The Balaban J connectivity index is 1.74. The summed E-state index contributed by atoms with van der Waals surface area (Å²) in [5.41, 5.74) is 2.60. The van der Waals surface area contributed by atoms with Gasteiger partial charge in [0.15, 0.2) is 0 Å². The van der Waals surface area contributed by atoms with E-state index < -0.39 is 0 Å². The molecule has 0 radical (unpaired) electrons. The van der Waals surface area contributed by atoms with E-state index in [0.29, 0.717) is 6.54 Å². The quantitative estimate of drug-likeness (QED) is 0.855. The highest BCUT2D eigenvalue weighted by atomic mass is 16.6. The number of cyclic esters (lactones) is 1. The smallest absolute Gasteiger partial charge is 0.410 e. The second-order valence-corrected chi connectivity index (χ2v) is 6.89. The molecule has 26 heavy (non-hydrogen) atoms. The molecule has 2 aliphatic rings. The molecule has 0 saturated carbocycles. The largest absolute Gasteiger partial charge is 0.497 e. The zero-order valence-electron chi connectivity index (χ0n) is 14.7. The monoisotopic (exact) mass is 354 g/mol. The Morgan fingerprint density at radius 1 is 1.46 bits per heavy atom. The zero-order valence-corrected chi connectivity index (χ0v) is 14.7. The minimum atomic E-state index is -0.366. The van der Waals surface area contributed by atoms with Crippen molar-refractivity contribution in [1.82, 2.24) is 9.88 Å². The third-order valence-corrected chi connectivity index (χ3v) is 5.53. The molecular weight excluding hydrogens is 332 g/mol. The summed E-state index contributed by atoms with van der Waals surface area (Å²) in [5.74, 6) is 0.934. The first-order chi connectivity index (χ1) is 12.6. The summed E-state index contributed by atoms with van der Waals surface area (Å²) in [6.45, 7) is 4.58. The topological polar surface area (TPSA) is 71.9 Å². The predicted molar refractivity (Wildman–Crippen MR) is 97.0 cm³/mol. The number of carbonyl (C=O) groups excluding carboxylic acids is 1. The van der Waals surface area contributed by atoms with Gasteiger partial charge in [-0.2, -0.15) is 0 Å². The number of aromatic nitrogens is 1. The lowest BCUT2D eigenvalue weighted by Crippen LogP contribution is -2.42. The van der Waals surface area contributed by atoms with E-state index in [0.717, 1.165) is 40.6 Å². The van der Waals surface area contributed by atoms with Crippen LogP contribution in [0, 0.1) is 5.92 Å². The number of aliphatic hydroxyl groups excluding tert-OH is 1. The van der Waals surface area contributed by atoms with E-state index in [1.807, 2.05) is 24.3 Å². The van der Waals surface area contributed by atoms with E-state index in [4.69, 9.17) is 9.47 Å². The van der Waals surface area contributed by atoms with Crippen molar-refractivity contribution in [3.63, 3.8) is 0 Å². The maximum absolute atomic E-state index is 12.4. The summed E-state index contributed by atoms with van der Waals surface area (Å²) >= 11 is 0. The van der Waals surface area contributed by atoms with Crippen LogP contribution in [0.25, 0.3) is 10.9 Å². The fourth-order valence-electron chi connectivity index (χ4n) is 4.06. The zero-order chi connectivity index (χ0) is 18.3. The van der Waals surface area contributed by atoms with Crippen LogP contribution >= 0.6 is 0 Å². The van der Waals surface area contributed by atoms with Gasteiger partial charge in [0.2, 0.25) is 0 Å². The van der Waals surface area contributed by atoms with Crippen molar-refractivity contribution in [3.05, 3.63) is 48.2 Å². The molecule has 0 aliphatic carbocycles. The van der Waals surface area contributed by atoms with Crippen LogP contribution in [0.2, 0.25) is 0 Å². The van der Waals surface area contributed by atoms with E-state index in [-0.39, 0.29) is 30.8 Å². The first-order valence-corrected chi connectivity index (χ1v) is 8.80. The molecule has 6 heteroatoms. The van der Waals surface area contributed by atoms with Crippen LogP contribution in [0.5, 0.6) is 5.75 Å². The number of carbonyl (C=O) groups is 1. The Labute approximate surface area is 152 Å². The molecular formula is C20H22N2O4. The number of aliphatic hydroxyl groups is 1. The van der Waals surface area contributed by atoms with Crippen molar-refractivity contribution in [3.8, 4) is 5.75 Å². The molecule has 136 valence electrons. The highest BCUT2D eigenvalue weighted by Gasteiger charge is 2.46. The highest BCUT2D eigenvalue weighted by Crippen LogP contribution is 2.43. The lowest BCUT2D eigenvalue weighted by atomic mass is 9.83. The van der Waals surface area contributed by atoms with Gasteiger partial charge in [0.1, 0.15) is 11.9 Å². The maximum Gasteiger partial charge on any atom is 0.410 e. The Morgan fingerprint density at radius 3 is 3.08 bits per heavy atom. The minimum Gasteiger partial charge on any atom is -0.497 e. The Morgan fingerprint density at radius 2 is 2.31 bits per heavy atom. The highest BCUT2D eigenvalue weighted by molar-refractivity contribution is 5.85. The first-order valence-electron chi connectivity index (χ1n) is 8.80. The molecule has 1 aromatic heterocycles. The number of pyridine rings is 1. The van der Waals surface area contributed by atoms with Crippen molar-refractivity contribution in [2.75, 3.05) is 20.3 Å². The van der Waals surface area contributed by atoms with Gasteiger partial charge >= 0.3 is 6.09 Å². The average molecular weight is 354 g/mol. The lowest BCUT2D eigenvalue weighted by molar-refractivity contribution is 0.130. The summed E-state index contributed by atoms with van der Waals surface area (Å²) in [7, 11) is 1.63. The predicted octanol–water partition coefficient (Wildman–Crippen LogP) is 3.06. The van der Waals surface area contributed by atoms with Crippen LogP contribution in [0.15, 0.2) is 42.6 Å². The van der Waals surface area contributed by atoms with Crippen molar-refractivity contribution < 1.29 is 19.4 Å². The Bertz CT molecular complexity index is 866. The fraction of sp³-hybridized carbons (Fsp3) is 0.400. The summed E-state index contributed by atoms with van der Waals surface area (Å²) in [6.07, 6.45) is 2.65. The summed E-state index contributed by atoms with van der Waals surface area (Å²) in [5, 5.41) is 10.4. The van der Waals surface area contributed by atoms with Crippen LogP contribution in [-0.2, 0) is 4.74 Å². The molecule has 4 rings (SSSR count). The van der Waals surface area contributed by atoms with E-state index in [2.05, 4.69) is 11.6 Å². The number of hydrogen-bond donors (Lipinski definition) is 1. The molecule has 0 bridgehead atoms. The van der Waals surface area contributed by atoms with Gasteiger partial charge < -0.3 is 19.5 Å². The lowest BCUT2D eigenvalue weighted by Gasteiger charge is -2.35. The Kier molecular flexibility index (Phi) is 4.28. The van der Waals surface area contributed by atoms with Crippen molar-refractivity contribution in [1.29, 1.82) is 0 Å². The second kappa shape index (κ2) is 6.61. The van der Waals surface area contributed by atoms with Crippen molar-refractivity contribution in [2.45, 2.75) is 25.0 Å². The Hall–Kier alpha value is -2.60. The van der Waals surface area contributed by atoms with E-state index in [1.54, 1.807) is 18.2 Å². The van der Waals surface area contributed by atoms with Crippen LogP contribution in [0.3, 0.4) is 0 Å². The number of ether oxygens (including phenoxy) is 2. The molecule has 0 unspecified atom stereocenters. The van der Waals surface area contributed by atoms with Crippen LogP contribution in [0.4, 0.5) is 4.79 Å². The van der Waals surface area contributed by atoms with Gasteiger partial charge in [-0.05, 0) is 48.6 Å². The van der Waals surface area contributed by atoms with Crippen molar-refractivity contribution >= 4 is 17.0 Å². The van der Waals surface area contributed by atoms with E-state index >= 15 is 0 Å². The second-order valence-electron chi connectivity index (χ2n) is 6.89. The molecule has 1 aromatic carbocycles. The van der Waals surface area contributed by atoms with Gasteiger partial charge in [0.25, 0.3) is 0 Å². The molecule has 2 saturated heterocycles. The third-order valence-electron chi connectivity index (χ3n) is 5.53. The maximum atomic E-state index is 12.4. The fourth-order valence-corrected chi connectivity index (χ4v) is 4.06. The van der Waals surface area contributed by atoms with Gasteiger partial charge in [0, 0.05) is 23.7 Å². The molecule has 1 amide bonds. The number of methoxy groups -OCH3 is 1. The van der Waals surface area contributed by atoms with E-state index in [1.165, 1.54) is 0 Å². The summed E-state index contributed by atoms with van der Waals surface area (Å²) in [6, 6.07) is 7.55. The average Bonchev–Trinajstić information content (AvgIpc) is 3.02. The summed E-state index contributed by atoms with van der Waals surface area (Å²) < 4.78 is 11.1. The van der Waals surface area contributed by atoms with Gasteiger partial charge in [-0.1, -0.05) is 6.58 Å². The molecule has 1 N–H and O–H groups in total. The van der Waals surface area contributed by atoms with Crippen LogP contribution in [0.1, 0.15) is 24.5 Å². The summed E-state index contributed by atoms with van der Waals surface area (Å²) in [4.78, 5) is 18.6. The van der Waals surface area contributed by atoms with E-state index in [9.17, 15) is 9.90 Å². The number of fused-ring (bicyclic) bond motifs is 2. The number of amides is 1. The molecule has 2 aromatic rings.